The largest absolute Gasteiger partial charge is 0.444 e. The second kappa shape index (κ2) is 7.08. The van der Waals surface area contributed by atoms with Gasteiger partial charge < -0.3 is 19.9 Å². The molecule has 1 aromatic heterocycles. The van der Waals surface area contributed by atoms with E-state index < -0.39 is 12.2 Å². The van der Waals surface area contributed by atoms with Crippen molar-refractivity contribution >= 4 is 12.1 Å². The molecule has 3 heterocycles. The first-order valence-electron chi connectivity index (χ1n) is 8.57. The lowest BCUT2D eigenvalue weighted by atomic mass is 10.2. The predicted molar refractivity (Wildman–Crippen MR) is 90.9 cm³/mol. The van der Waals surface area contributed by atoms with Crippen LogP contribution in [-0.2, 0) is 11.3 Å². The number of rotatable bonds is 3. The number of carbonyl (C=O) groups is 1. The Kier molecular flexibility index (Phi) is 5.01. The number of fused-ring (bicyclic) bond motifs is 1. The smallest absolute Gasteiger partial charge is 0.410 e. The number of alkyl halides is 2. The van der Waals surface area contributed by atoms with Crippen molar-refractivity contribution in [1.82, 2.24) is 24.7 Å². The van der Waals surface area contributed by atoms with Gasteiger partial charge in [-0.05, 0) is 20.8 Å². The van der Waals surface area contributed by atoms with Gasteiger partial charge in [0.1, 0.15) is 11.4 Å². The monoisotopic (exact) mass is 370 g/mol. The van der Waals surface area contributed by atoms with Gasteiger partial charge in [-0.1, -0.05) is 0 Å². The molecule has 1 N–H and O–H groups in total. The number of hydrogen-bond acceptors (Lipinski definition) is 6. The van der Waals surface area contributed by atoms with Crippen molar-refractivity contribution in [3.63, 3.8) is 0 Å². The maximum atomic E-state index is 12.9. The molecule has 26 heavy (non-hydrogen) atoms. The minimum atomic E-state index is -2.62. The summed E-state index contributed by atoms with van der Waals surface area (Å²) >= 11 is 0. The lowest BCUT2D eigenvalue weighted by Gasteiger charge is -2.39. The van der Waals surface area contributed by atoms with Crippen molar-refractivity contribution in [3.05, 3.63) is 18.2 Å². The van der Waals surface area contributed by atoms with E-state index in [1.807, 2.05) is 20.8 Å². The number of amides is 1. The van der Waals surface area contributed by atoms with Crippen LogP contribution in [0.3, 0.4) is 0 Å². The van der Waals surface area contributed by atoms with Crippen molar-refractivity contribution < 1.29 is 18.3 Å². The van der Waals surface area contributed by atoms with Gasteiger partial charge in [-0.2, -0.15) is 8.78 Å². The molecule has 1 unspecified atom stereocenters. The number of guanidine groups is 1. The summed E-state index contributed by atoms with van der Waals surface area (Å²) in [6.07, 6.45) is 2.28. The minimum Gasteiger partial charge on any atom is -0.444 e. The van der Waals surface area contributed by atoms with Crippen LogP contribution < -0.4 is 5.32 Å². The fourth-order valence-electron chi connectivity index (χ4n) is 3.04. The third-order valence-electron chi connectivity index (χ3n) is 4.22. The molecule has 0 bridgehead atoms. The van der Waals surface area contributed by atoms with Gasteiger partial charge in [-0.15, -0.1) is 0 Å². The molecule has 1 amide bonds. The highest BCUT2D eigenvalue weighted by molar-refractivity contribution is 5.82. The molecular formula is C16H24F2N6O2. The normalized spacial score (nSPS) is 20.2. The summed E-state index contributed by atoms with van der Waals surface area (Å²) in [6.45, 7) is 5.26. The minimum absolute atomic E-state index is 0.0635. The van der Waals surface area contributed by atoms with Crippen molar-refractivity contribution in [3.8, 4) is 0 Å². The number of aromatic nitrogens is 2. The Balaban J connectivity index is 1.54. The van der Waals surface area contributed by atoms with Gasteiger partial charge in [-0.3, -0.25) is 9.56 Å². The summed E-state index contributed by atoms with van der Waals surface area (Å²) < 4.78 is 32.0. The van der Waals surface area contributed by atoms with Crippen LogP contribution in [0, 0.1) is 0 Å². The first-order valence-corrected chi connectivity index (χ1v) is 8.57. The van der Waals surface area contributed by atoms with E-state index in [1.165, 1.54) is 12.4 Å². The summed E-state index contributed by atoms with van der Waals surface area (Å²) in [5.74, 6) is 0.904. The molecule has 0 saturated carbocycles. The maximum absolute atomic E-state index is 12.9. The first-order chi connectivity index (χ1) is 12.2. The number of ether oxygens (including phenoxy) is 1. The molecule has 3 rings (SSSR count). The maximum Gasteiger partial charge on any atom is 0.410 e. The van der Waals surface area contributed by atoms with Gasteiger partial charge in [-0.25, -0.2) is 9.78 Å². The molecule has 1 fully saturated rings. The van der Waals surface area contributed by atoms with Crippen molar-refractivity contribution in [1.29, 1.82) is 0 Å². The Morgan fingerprint density at radius 2 is 2.19 bits per heavy atom. The molecule has 1 atom stereocenters. The molecule has 144 valence electrons. The Bertz CT molecular complexity index is 685. The molecule has 0 radical (unpaired) electrons. The molecule has 0 spiro atoms. The van der Waals surface area contributed by atoms with E-state index in [2.05, 4.69) is 20.2 Å². The molecule has 2 aliphatic rings. The van der Waals surface area contributed by atoms with Crippen LogP contribution in [0.5, 0.6) is 0 Å². The number of hydrogen-bond donors (Lipinski definition) is 1. The lowest BCUT2D eigenvalue weighted by Crippen LogP contribution is -2.57. The van der Waals surface area contributed by atoms with E-state index in [1.54, 1.807) is 4.90 Å². The molecular weight excluding hydrogens is 346 g/mol. The van der Waals surface area contributed by atoms with Gasteiger partial charge in [0.05, 0.1) is 19.1 Å². The van der Waals surface area contributed by atoms with Crippen molar-refractivity contribution in [2.75, 3.05) is 26.2 Å². The average molecular weight is 370 g/mol. The third-order valence-corrected chi connectivity index (χ3v) is 4.22. The standard InChI is InChI=1S/C16H24F2N6O2/c1-16(2,3)26-15(25)22-6-7-23-11(10-22)8-20-14(23)21-9-12-19-4-5-24(12)13(17)18/h4-5,11,13H,6-10H2,1-3H3,(H,20,21). The molecule has 1 saturated heterocycles. The second-order valence-corrected chi connectivity index (χ2v) is 7.32. The molecule has 2 aliphatic heterocycles. The Hall–Kier alpha value is -2.39. The fraction of sp³-hybridized carbons (Fsp3) is 0.688. The number of nitrogens with one attached hydrogen (secondary N) is 1. The predicted octanol–water partition coefficient (Wildman–Crippen LogP) is 1.66. The third kappa shape index (κ3) is 4.05. The van der Waals surface area contributed by atoms with Crippen LogP contribution >= 0.6 is 0 Å². The number of piperazine rings is 1. The molecule has 0 aliphatic carbocycles. The van der Waals surface area contributed by atoms with Gasteiger partial charge in [0, 0.05) is 32.0 Å². The fourth-order valence-corrected chi connectivity index (χ4v) is 3.04. The second-order valence-electron chi connectivity index (χ2n) is 7.32. The van der Waals surface area contributed by atoms with Crippen LogP contribution in [0.1, 0.15) is 33.1 Å². The number of carbonyl (C=O) groups excluding carboxylic acids is 1. The highest BCUT2D eigenvalue weighted by Crippen LogP contribution is 2.19. The van der Waals surface area contributed by atoms with Gasteiger partial charge >= 0.3 is 12.6 Å². The van der Waals surface area contributed by atoms with E-state index in [-0.39, 0.29) is 24.5 Å². The van der Waals surface area contributed by atoms with Gasteiger partial charge in [0.15, 0.2) is 5.96 Å². The molecule has 8 nitrogen and oxygen atoms in total. The number of nitrogens with zero attached hydrogens (tertiary/aromatic N) is 5. The SMILES string of the molecule is CC(C)(C)OC(=O)N1CCN2C(NCc3nccn3C(F)F)=NCC2C1. The first kappa shape index (κ1) is 18.4. The van der Waals surface area contributed by atoms with Gasteiger partial charge in [0.2, 0.25) is 0 Å². The number of aliphatic imine (C=N–C) groups is 1. The molecule has 10 heteroatoms. The van der Waals surface area contributed by atoms with Crippen LogP contribution in [-0.4, -0.2) is 69.2 Å². The number of halogens is 2. The Labute approximate surface area is 150 Å². The van der Waals surface area contributed by atoms with Crippen LogP contribution in [0.4, 0.5) is 13.6 Å². The Morgan fingerprint density at radius 3 is 2.88 bits per heavy atom. The van der Waals surface area contributed by atoms with E-state index >= 15 is 0 Å². The van der Waals surface area contributed by atoms with Crippen LogP contribution in [0.25, 0.3) is 0 Å². The topological polar surface area (TPSA) is 75.0 Å². The van der Waals surface area contributed by atoms with Crippen LogP contribution in [0.15, 0.2) is 17.4 Å². The molecule has 0 aromatic carbocycles. The van der Waals surface area contributed by atoms with E-state index in [0.717, 1.165) is 4.57 Å². The van der Waals surface area contributed by atoms with E-state index in [9.17, 15) is 13.6 Å². The lowest BCUT2D eigenvalue weighted by molar-refractivity contribution is 0.0137. The molecule has 1 aromatic rings. The average Bonchev–Trinajstić information content (AvgIpc) is 3.17. The van der Waals surface area contributed by atoms with E-state index in [4.69, 9.17) is 4.74 Å². The van der Waals surface area contributed by atoms with Crippen molar-refractivity contribution in [2.45, 2.75) is 45.5 Å². The number of imidazole rings is 1. The highest BCUT2D eigenvalue weighted by Gasteiger charge is 2.36. The zero-order valence-corrected chi connectivity index (χ0v) is 15.2. The highest BCUT2D eigenvalue weighted by atomic mass is 19.3. The zero-order valence-electron chi connectivity index (χ0n) is 15.2. The van der Waals surface area contributed by atoms with Gasteiger partial charge in [0.25, 0.3) is 0 Å². The summed E-state index contributed by atoms with van der Waals surface area (Å²) in [6, 6.07) is 0.0635. The van der Waals surface area contributed by atoms with E-state index in [0.29, 0.717) is 32.1 Å². The zero-order chi connectivity index (χ0) is 18.9. The summed E-state index contributed by atoms with van der Waals surface area (Å²) in [5, 5.41) is 3.09. The Morgan fingerprint density at radius 1 is 1.42 bits per heavy atom. The summed E-state index contributed by atoms with van der Waals surface area (Å²) in [5.41, 5.74) is -0.528. The van der Waals surface area contributed by atoms with Crippen molar-refractivity contribution in [2.24, 2.45) is 4.99 Å². The quantitative estimate of drug-likeness (QED) is 0.876. The summed E-state index contributed by atoms with van der Waals surface area (Å²) in [7, 11) is 0. The summed E-state index contributed by atoms with van der Waals surface area (Å²) in [4.78, 5) is 24.4. The van der Waals surface area contributed by atoms with Crippen LogP contribution in [0.2, 0.25) is 0 Å².